The van der Waals surface area contributed by atoms with Crippen LogP contribution in [0.4, 0.5) is 0 Å². The van der Waals surface area contributed by atoms with Crippen molar-refractivity contribution in [3.63, 3.8) is 0 Å². The van der Waals surface area contributed by atoms with Crippen LogP contribution in [-0.4, -0.2) is 47.1 Å². The molecule has 0 aromatic carbocycles. The van der Waals surface area contributed by atoms with Crippen molar-refractivity contribution >= 4 is 11.9 Å². The van der Waals surface area contributed by atoms with Crippen molar-refractivity contribution in [2.45, 2.75) is 6.54 Å². The van der Waals surface area contributed by atoms with Crippen molar-refractivity contribution in [2.24, 2.45) is 5.41 Å². The summed E-state index contributed by atoms with van der Waals surface area (Å²) >= 11 is 0. The molecule has 1 aliphatic heterocycles. The molecule has 0 unspecified atom stereocenters. The maximum absolute atomic E-state index is 12.1. The van der Waals surface area contributed by atoms with Gasteiger partial charge in [-0.15, -0.1) is 0 Å². The van der Waals surface area contributed by atoms with Gasteiger partial charge in [-0.3, -0.25) is 14.6 Å². The smallest absolute Gasteiger partial charge is 0.324 e. The fraction of sp³-hybridized carbons (Fsp3) is 0.417. The summed E-state index contributed by atoms with van der Waals surface area (Å²) in [5.41, 5.74) is -0.550. The number of carboxylic acid groups (broad SMARTS) is 1. The van der Waals surface area contributed by atoms with E-state index in [1.165, 1.54) is 4.90 Å². The largest absolute Gasteiger partial charge is 0.480 e. The van der Waals surface area contributed by atoms with Gasteiger partial charge in [-0.1, -0.05) is 6.07 Å². The molecule has 0 aliphatic carbocycles. The fourth-order valence-electron chi connectivity index (χ4n) is 1.85. The van der Waals surface area contributed by atoms with Crippen molar-refractivity contribution < 1.29 is 19.4 Å². The molecular weight excluding hydrogens is 236 g/mol. The van der Waals surface area contributed by atoms with E-state index in [2.05, 4.69) is 4.98 Å². The highest BCUT2D eigenvalue weighted by Gasteiger charge is 2.54. The summed E-state index contributed by atoms with van der Waals surface area (Å²) < 4.78 is 4.88. The normalized spacial score (nSPS) is 16.7. The minimum absolute atomic E-state index is 0.0570. The molecular formula is C12H14N2O4. The van der Waals surface area contributed by atoms with E-state index < -0.39 is 17.3 Å². The second-order valence-electron chi connectivity index (χ2n) is 4.40. The van der Waals surface area contributed by atoms with E-state index in [0.29, 0.717) is 6.54 Å². The Morgan fingerprint density at radius 3 is 2.72 bits per heavy atom. The minimum Gasteiger partial charge on any atom is -0.480 e. The molecule has 0 atom stereocenters. The lowest BCUT2D eigenvalue weighted by atomic mass is 9.84. The molecule has 1 aromatic rings. The van der Waals surface area contributed by atoms with Crippen LogP contribution in [0.2, 0.25) is 0 Å². The fourth-order valence-corrected chi connectivity index (χ4v) is 1.85. The number of hydrogen-bond donors (Lipinski definition) is 1. The molecule has 1 N–H and O–H groups in total. The van der Waals surface area contributed by atoms with Gasteiger partial charge in [0.1, 0.15) is 0 Å². The van der Waals surface area contributed by atoms with Crippen LogP contribution in [0.1, 0.15) is 5.56 Å². The highest BCUT2D eigenvalue weighted by molar-refractivity contribution is 6.03. The molecule has 6 heteroatoms. The summed E-state index contributed by atoms with van der Waals surface area (Å²) in [6.07, 6.45) is 3.29. The summed E-state index contributed by atoms with van der Waals surface area (Å²) in [6.45, 7) is 0.221. The van der Waals surface area contributed by atoms with Gasteiger partial charge in [0.2, 0.25) is 5.91 Å². The molecule has 1 fully saturated rings. The van der Waals surface area contributed by atoms with Crippen molar-refractivity contribution in [1.29, 1.82) is 0 Å². The third-order valence-electron chi connectivity index (χ3n) is 3.00. The Morgan fingerprint density at radius 2 is 2.28 bits per heavy atom. The molecule has 0 saturated carbocycles. The number of carboxylic acids is 1. The number of carbonyl (C=O) groups excluding carboxylic acids is 1. The number of rotatable bonds is 4. The monoisotopic (exact) mass is 250 g/mol. The van der Waals surface area contributed by atoms with Crippen LogP contribution in [0.15, 0.2) is 24.5 Å². The van der Waals surface area contributed by atoms with Crippen LogP contribution < -0.4 is 0 Å². The van der Waals surface area contributed by atoms with Crippen molar-refractivity contribution in [3.8, 4) is 0 Å². The van der Waals surface area contributed by atoms with E-state index in [0.717, 1.165) is 5.56 Å². The Morgan fingerprint density at radius 1 is 1.56 bits per heavy atom. The van der Waals surface area contributed by atoms with E-state index in [9.17, 15) is 9.59 Å². The van der Waals surface area contributed by atoms with Crippen molar-refractivity contribution in [1.82, 2.24) is 9.88 Å². The summed E-state index contributed by atoms with van der Waals surface area (Å²) in [7, 11) is 1.58. The molecule has 0 bridgehead atoms. The van der Waals surface area contributed by atoms with Crippen molar-refractivity contribution in [2.75, 3.05) is 20.3 Å². The van der Waals surface area contributed by atoms with E-state index in [1.54, 1.807) is 25.5 Å². The average Bonchev–Trinajstić information content (AvgIpc) is 2.28. The van der Waals surface area contributed by atoms with Gasteiger partial charge in [0.15, 0.2) is 5.41 Å². The summed E-state index contributed by atoms with van der Waals surface area (Å²) in [5.74, 6) is -1.55. The maximum Gasteiger partial charge on any atom is 0.324 e. The highest BCUT2D eigenvalue weighted by atomic mass is 16.5. The van der Waals surface area contributed by atoms with E-state index in [-0.39, 0.29) is 13.2 Å². The molecule has 1 aromatic heterocycles. The molecule has 1 amide bonds. The zero-order chi connectivity index (χ0) is 13.2. The van der Waals surface area contributed by atoms with E-state index in [4.69, 9.17) is 9.84 Å². The van der Waals surface area contributed by atoms with Gasteiger partial charge in [-0.05, 0) is 11.6 Å². The van der Waals surface area contributed by atoms with Crippen LogP contribution in [0.25, 0.3) is 0 Å². The number of nitrogens with zero attached hydrogens (tertiary/aromatic N) is 2. The van der Waals surface area contributed by atoms with Crippen LogP contribution in [0.3, 0.4) is 0 Å². The Balaban J connectivity index is 2.07. The van der Waals surface area contributed by atoms with Gasteiger partial charge in [-0.25, -0.2) is 0 Å². The third-order valence-corrected chi connectivity index (χ3v) is 3.00. The first-order valence-electron chi connectivity index (χ1n) is 5.52. The van der Waals surface area contributed by atoms with Gasteiger partial charge >= 0.3 is 5.97 Å². The lowest BCUT2D eigenvalue weighted by Crippen LogP contribution is -2.59. The molecule has 0 spiro atoms. The molecule has 96 valence electrons. The molecule has 2 rings (SSSR count). The second-order valence-corrected chi connectivity index (χ2v) is 4.40. The van der Waals surface area contributed by atoms with Gasteiger partial charge in [-0.2, -0.15) is 0 Å². The average molecular weight is 250 g/mol. The van der Waals surface area contributed by atoms with Crippen LogP contribution >= 0.6 is 0 Å². The number of aromatic nitrogens is 1. The Hall–Kier alpha value is -1.95. The number of carbonyl (C=O) groups is 2. The molecule has 1 saturated heterocycles. The van der Waals surface area contributed by atoms with E-state index in [1.807, 2.05) is 6.07 Å². The van der Waals surface area contributed by atoms with Crippen molar-refractivity contribution in [3.05, 3.63) is 30.1 Å². The number of pyridine rings is 1. The molecule has 1 aliphatic rings. The maximum atomic E-state index is 12.1. The number of ether oxygens (including phenoxy) is 1. The molecule has 0 radical (unpaired) electrons. The Kier molecular flexibility index (Phi) is 3.29. The number of hydrogen-bond acceptors (Lipinski definition) is 4. The van der Waals surface area contributed by atoms with Gasteiger partial charge in [0.05, 0.1) is 13.2 Å². The number of aliphatic carboxylic acids is 1. The van der Waals surface area contributed by atoms with Crippen LogP contribution in [0.5, 0.6) is 0 Å². The molecule has 2 heterocycles. The lowest BCUT2D eigenvalue weighted by Gasteiger charge is -2.38. The van der Waals surface area contributed by atoms with Crippen LogP contribution in [-0.2, 0) is 20.9 Å². The number of amides is 1. The quantitative estimate of drug-likeness (QED) is 0.769. The standard InChI is InChI=1S/C12H14N2O4/c1-14(6-9-3-2-4-13-5-9)10(15)12(11(16)17)7-18-8-12/h2-5H,6-8H2,1H3,(H,16,17). The second kappa shape index (κ2) is 4.73. The third kappa shape index (κ3) is 2.06. The summed E-state index contributed by atoms with van der Waals surface area (Å²) in [4.78, 5) is 28.6. The molecule has 6 nitrogen and oxygen atoms in total. The highest BCUT2D eigenvalue weighted by Crippen LogP contribution is 2.30. The first-order valence-corrected chi connectivity index (χ1v) is 5.52. The SMILES string of the molecule is CN(Cc1cccnc1)C(=O)C1(C(=O)O)COC1. The molecule has 18 heavy (non-hydrogen) atoms. The predicted molar refractivity (Wildman–Crippen MR) is 61.6 cm³/mol. The summed E-state index contributed by atoms with van der Waals surface area (Å²) in [6, 6.07) is 3.61. The zero-order valence-corrected chi connectivity index (χ0v) is 10.00. The Labute approximate surface area is 104 Å². The van der Waals surface area contributed by atoms with Crippen LogP contribution in [0, 0.1) is 5.41 Å². The van der Waals surface area contributed by atoms with E-state index >= 15 is 0 Å². The lowest BCUT2D eigenvalue weighted by molar-refractivity contribution is -0.190. The van der Waals surface area contributed by atoms with Gasteiger partial charge < -0.3 is 14.7 Å². The first kappa shape index (κ1) is 12.5. The Bertz CT molecular complexity index is 456. The van der Waals surface area contributed by atoms with Gasteiger partial charge in [0, 0.05) is 26.0 Å². The zero-order valence-electron chi connectivity index (χ0n) is 10.00. The topological polar surface area (TPSA) is 79.7 Å². The minimum atomic E-state index is -1.41. The summed E-state index contributed by atoms with van der Waals surface area (Å²) in [5, 5.41) is 9.13. The predicted octanol–water partition coefficient (Wildman–Crippen LogP) is 0.141. The first-order chi connectivity index (χ1) is 8.56. The van der Waals surface area contributed by atoms with Gasteiger partial charge in [0.25, 0.3) is 0 Å².